The number of hydrogen-bond donors (Lipinski definition) is 0. The highest BCUT2D eigenvalue weighted by atomic mass is 32.2. The first-order valence-corrected chi connectivity index (χ1v) is 11.1. The first-order valence-electron chi connectivity index (χ1n) is 10.4. The number of hydrogen-bond acceptors (Lipinski definition) is 4. The normalized spacial score (nSPS) is 17.5. The van der Waals surface area contributed by atoms with Gasteiger partial charge in [0.1, 0.15) is 12.2 Å². The van der Waals surface area contributed by atoms with Crippen molar-refractivity contribution in [1.29, 1.82) is 0 Å². The number of halogens is 2. The first-order chi connectivity index (χ1) is 14.1. The lowest BCUT2D eigenvalue weighted by Gasteiger charge is -2.30. The molecule has 0 N–H and O–H groups in total. The molecule has 2 heterocycles. The molecule has 0 radical (unpaired) electrons. The second kappa shape index (κ2) is 7.87. The number of fused-ring (bicyclic) bond motifs is 1. The van der Waals surface area contributed by atoms with Crippen LogP contribution in [0.5, 0.6) is 0 Å². The molecule has 162 valence electrons. The van der Waals surface area contributed by atoms with E-state index in [1.54, 1.807) is 12.5 Å². The van der Waals surface area contributed by atoms with Gasteiger partial charge in [-0.25, -0.2) is 18.7 Å². The van der Waals surface area contributed by atoms with Gasteiger partial charge in [0.05, 0.1) is 28.9 Å². The molecule has 2 aromatic heterocycles. The molecular formula is C22H29F2N5S. The smallest absolute Gasteiger partial charge is 0.248 e. The van der Waals surface area contributed by atoms with Crippen molar-refractivity contribution in [3.8, 4) is 0 Å². The van der Waals surface area contributed by atoms with Crippen molar-refractivity contribution in [2.75, 3.05) is 11.4 Å². The Bertz CT molecular complexity index is 997. The SMILES string of the molecule is CN(Sn1ccnc1)c1ccc2c(c1)nc(C(C)(C)C)n2CC1CCC(F)(F)CC1. The molecule has 1 aliphatic carbocycles. The molecule has 0 aliphatic heterocycles. The monoisotopic (exact) mass is 433 g/mol. The average molecular weight is 434 g/mol. The zero-order chi connectivity index (χ0) is 21.5. The molecule has 0 spiro atoms. The minimum Gasteiger partial charge on any atom is -0.327 e. The number of anilines is 1. The van der Waals surface area contributed by atoms with Crippen molar-refractivity contribution in [3.05, 3.63) is 42.7 Å². The third-order valence-electron chi connectivity index (χ3n) is 5.74. The van der Waals surface area contributed by atoms with Gasteiger partial charge in [-0.1, -0.05) is 20.8 Å². The van der Waals surface area contributed by atoms with Gasteiger partial charge in [-0.15, -0.1) is 0 Å². The lowest BCUT2D eigenvalue weighted by molar-refractivity contribution is -0.0473. The Labute approximate surface area is 180 Å². The third-order valence-corrected chi connectivity index (χ3v) is 6.60. The number of benzene rings is 1. The quantitative estimate of drug-likeness (QED) is 0.469. The lowest BCUT2D eigenvalue weighted by Crippen LogP contribution is -2.28. The van der Waals surface area contributed by atoms with Gasteiger partial charge in [0.15, 0.2) is 0 Å². The van der Waals surface area contributed by atoms with Crippen LogP contribution in [0.1, 0.15) is 52.3 Å². The van der Waals surface area contributed by atoms with Crippen molar-refractivity contribution in [3.63, 3.8) is 0 Å². The summed E-state index contributed by atoms with van der Waals surface area (Å²) in [6.07, 6.45) is 6.55. The van der Waals surface area contributed by atoms with Crippen molar-refractivity contribution >= 4 is 28.9 Å². The number of rotatable bonds is 5. The largest absolute Gasteiger partial charge is 0.327 e. The van der Waals surface area contributed by atoms with Crippen LogP contribution in [0.4, 0.5) is 14.5 Å². The van der Waals surface area contributed by atoms with Crippen LogP contribution in [-0.2, 0) is 12.0 Å². The fourth-order valence-electron chi connectivity index (χ4n) is 4.10. The van der Waals surface area contributed by atoms with E-state index < -0.39 is 5.92 Å². The highest BCUT2D eigenvalue weighted by Crippen LogP contribution is 2.38. The molecule has 0 atom stereocenters. The maximum absolute atomic E-state index is 13.6. The summed E-state index contributed by atoms with van der Waals surface area (Å²) in [7, 11) is 2.01. The predicted octanol–water partition coefficient (Wildman–Crippen LogP) is 5.90. The van der Waals surface area contributed by atoms with Crippen LogP contribution >= 0.6 is 12.1 Å². The second-order valence-corrected chi connectivity index (χ2v) is 10.4. The van der Waals surface area contributed by atoms with Gasteiger partial charge in [-0.05, 0) is 37.0 Å². The van der Waals surface area contributed by atoms with Crippen LogP contribution in [0.15, 0.2) is 36.9 Å². The van der Waals surface area contributed by atoms with Crippen molar-refractivity contribution in [2.45, 2.75) is 64.3 Å². The number of nitrogens with zero attached hydrogens (tertiary/aromatic N) is 5. The van der Waals surface area contributed by atoms with Crippen molar-refractivity contribution in [2.24, 2.45) is 5.92 Å². The zero-order valence-electron chi connectivity index (χ0n) is 18.0. The molecule has 3 aromatic rings. The average Bonchev–Trinajstić information content (AvgIpc) is 3.30. The Kier molecular flexibility index (Phi) is 5.55. The van der Waals surface area contributed by atoms with Crippen LogP contribution < -0.4 is 4.31 Å². The molecule has 8 heteroatoms. The van der Waals surface area contributed by atoms with E-state index in [0.29, 0.717) is 12.8 Å². The van der Waals surface area contributed by atoms with Gasteiger partial charge in [0, 0.05) is 44.2 Å². The summed E-state index contributed by atoms with van der Waals surface area (Å²) in [6.45, 7) is 7.21. The fourth-order valence-corrected chi connectivity index (χ4v) is 4.79. The number of imidazole rings is 2. The minimum atomic E-state index is -2.49. The summed E-state index contributed by atoms with van der Waals surface area (Å²) >= 11 is 1.54. The highest BCUT2D eigenvalue weighted by molar-refractivity contribution is 7.99. The summed E-state index contributed by atoms with van der Waals surface area (Å²) < 4.78 is 33.5. The van der Waals surface area contributed by atoms with E-state index in [2.05, 4.69) is 52.8 Å². The number of alkyl halides is 2. The lowest BCUT2D eigenvalue weighted by atomic mass is 9.86. The van der Waals surface area contributed by atoms with Crippen LogP contribution in [-0.4, -0.2) is 31.5 Å². The Morgan fingerprint density at radius 1 is 1.23 bits per heavy atom. The molecule has 0 bridgehead atoms. The minimum absolute atomic E-state index is 0.00440. The molecule has 1 saturated carbocycles. The highest BCUT2D eigenvalue weighted by Gasteiger charge is 2.35. The molecule has 0 saturated heterocycles. The van der Waals surface area contributed by atoms with Gasteiger partial charge in [0.2, 0.25) is 5.92 Å². The Morgan fingerprint density at radius 3 is 2.60 bits per heavy atom. The van der Waals surface area contributed by atoms with E-state index in [4.69, 9.17) is 4.98 Å². The fraction of sp³-hybridized carbons (Fsp3) is 0.545. The van der Waals surface area contributed by atoms with Crippen LogP contribution in [0.2, 0.25) is 0 Å². The van der Waals surface area contributed by atoms with Crippen LogP contribution in [0.25, 0.3) is 11.0 Å². The van der Waals surface area contributed by atoms with E-state index in [9.17, 15) is 8.78 Å². The van der Waals surface area contributed by atoms with E-state index in [1.165, 1.54) is 12.1 Å². The van der Waals surface area contributed by atoms with Crippen molar-refractivity contribution in [1.82, 2.24) is 18.5 Å². The second-order valence-electron chi connectivity index (χ2n) is 9.27. The van der Waals surface area contributed by atoms with Gasteiger partial charge in [-0.3, -0.25) is 3.97 Å². The van der Waals surface area contributed by atoms with E-state index >= 15 is 0 Å². The van der Waals surface area contributed by atoms with Crippen LogP contribution in [0.3, 0.4) is 0 Å². The molecule has 4 rings (SSSR count). The molecule has 5 nitrogen and oxygen atoms in total. The summed E-state index contributed by atoms with van der Waals surface area (Å²) in [5.41, 5.74) is 2.93. The molecule has 0 amide bonds. The molecule has 1 aromatic carbocycles. The maximum Gasteiger partial charge on any atom is 0.248 e. The summed E-state index contributed by atoms with van der Waals surface area (Å²) in [6, 6.07) is 6.29. The standard InChI is InChI=1S/C22H29F2N5S/c1-21(2,3)20-26-18-13-17(27(4)30-28-12-11-25-15-28)5-6-19(18)29(20)14-16-7-9-22(23,24)10-8-16/h5-6,11-13,15-16H,7-10,14H2,1-4H3. The van der Waals surface area contributed by atoms with Gasteiger partial charge < -0.3 is 8.87 Å². The summed E-state index contributed by atoms with van der Waals surface area (Å²) in [5, 5.41) is 0. The third kappa shape index (κ3) is 4.48. The molecule has 30 heavy (non-hydrogen) atoms. The van der Waals surface area contributed by atoms with E-state index in [-0.39, 0.29) is 24.2 Å². The molecular weight excluding hydrogens is 404 g/mol. The molecule has 1 fully saturated rings. The predicted molar refractivity (Wildman–Crippen MR) is 119 cm³/mol. The van der Waals surface area contributed by atoms with Gasteiger partial charge in [-0.2, -0.15) is 0 Å². The Balaban J connectivity index is 1.63. The van der Waals surface area contributed by atoms with Crippen LogP contribution in [0, 0.1) is 5.92 Å². The summed E-state index contributed by atoms with van der Waals surface area (Å²) in [4.78, 5) is 9.06. The summed E-state index contributed by atoms with van der Waals surface area (Å²) in [5.74, 6) is -1.22. The Morgan fingerprint density at radius 2 is 1.97 bits per heavy atom. The molecule has 1 aliphatic rings. The Hall–Kier alpha value is -2.09. The molecule has 0 unspecified atom stereocenters. The zero-order valence-corrected chi connectivity index (χ0v) is 18.8. The topological polar surface area (TPSA) is 38.9 Å². The van der Waals surface area contributed by atoms with Gasteiger partial charge in [0.25, 0.3) is 0 Å². The maximum atomic E-state index is 13.6. The number of aromatic nitrogens is 4. The van der Waals surface area contributed by atoms with E-state index in [0.717, 1.165) is 29.1 Å². The first kappa shape index (κ1) is 21.2. The van der Waals surface area contributed by atoms with E-state index in [1.807, 2.05) is 17.2 Å². The van der Waals surface area contributed by atoms with Crippen molar-refractivity contribution < 1.29 is 8.78 Å². The van der Waals surface area contributed by atoms with Gasteiger partial charge >= 0.3 is 0 Å².